The standard InChI is InChI=1S/C20H24F3N5O3/c1-10-3-2-6-24-20(29)31-12-5-4-11(7-12)13-8-15(28-27-13)25-14-9-16(30-10)26-18(17(14)21)19(22)23/h8-12,19H,2-7H2,1H3,(H,24,29)(H2,25,27,28). The van der Waals surface area contributed by atoms with E-state index in [-0.39, 0.29) is 35.5 Å². The van der Waals surface area contributed by atoms with E-state index in [9.17, 15) is 18.0 Å². The minimum absolute atomic E-state index is 0.0957. The van der Waals surface area contributed by atoms with Crippen LogP contribution in [0.5, 0.6) is 5.88 Å². The number of nitrogens with one attached hydrogen (secondary N) is 3. The molecule has 6 bridgehead atoms. The number of aromatic amines is 1. The van der Waals surface area contributed by atoms with Gasteiger partial charge in [0.05, 0.1) is 11.8 Å². The summed E-state index contributed by atoms with van der Waals surface area (Å²) >= 11 is 0. The van der Waals surface area contributed by atoms with Crippen LogP contribution in [-0.4, -0.2) is 40.0 Å². The van der Waals surface area contributed by atoms with Crippen LogP contribution in [-0.2, 0) is 4.74 Å². The van der Waals surface area contributed by atoms with Gasteiger partial charge in [-0.3, -0.25) is 5.10 Å². The number of rotatable bonds is 1. The van der Waals surface area contributed by atoms with Crippen molar-refractivity contribution in [2.45, 2.75) is 63.6 Å². The Balaban J connectivity index is 1.63. The maximum absolute atomic E-state index is 14.6. The summed E-state index contributed by atoms with van der Waals surface area (Å²) < 4.78 is 52.4. The van der Waals surface area contributed by atoms with Crippen LogP contribution in [0.25, 0.3) is 0 Å². The molecule has 1 fully saturated rings. The molecule has 2 aliphatic rings. The lowest BCUT2D eigenvalue weighted by atomic mass is 10.0. The van der Waals surface area contributed by atoms with Crippen molar-refractivity contribution >= 4 is 17.6 Å². The Kier molecular flexibility index (Phi) is 6.19. The van der Waals surface area contributed by atoms with Crippen molar-refractivity contribution in [1.29, 1.82) is 0 Å². The van der Waals surface area contributed by atoms with E-state index < -0.39 is 24.0 Å². The molecule has 0 aromatic carbocycles. The summed E-state index contributed by atoms with van der Waals surface area (Å²) in [6, 6.07) is 2.94. The number of aromatic nitrogens is 3. The number of alkyl carbamates (subject to hydrolysis) is 1. The van der Waals surface area contributed by atoms with Crippen LogP contribution in [0.3, 0.4) is 0 Å². The molecule has 0 spiro atoms. The van der Waals surface area contributed by atoms with Crippen LogP contribution in [0.4, 0.5) is 29.5 Å². The smallest absolute Gasteiger partial charge is 0.407 e. The molecule has 11 heteroatoms. The van der Waals surface area contributed by atoms with E-state index in [0.29, 0.717) is 25.8 Å². The zero-order chi connectivity index (χ0) is 22.0. The number of hydrogen-bond donors (Lipinski definition) is 3. The van der Waals surface area contributed by atoms with Gasteiger partial charge in [-0.05, 0) is 39.0 Å². The fourth-order valence-corrected chi connectivity index (χ4v) is 3.94. The number of carbonyl (C=O) groups excluding carboxylic acids is 1. The first kappa shape index (κ1) is 21.3. The summed E-state index contributed by atoms with van der Waals surface area (Å²) in [5, 5.41) is 12.5. The fourth-order valence-electron chi connectivity index (χ4n) is 3.94. The largest absolute Gasteiger partial charge is 0.475 e. The second kappa shape index (κ2) is 9.03. The quantitative estimate of drug-likeness (QED) is 0.603. The molecule has 8 nitrogen and oxygen atoms in total. The molecule has 2 aromatic rings. The molecule has 2 aromatic heterocycles. The van der Waals surface area contributed by atoms with Gasteiger partial charge in [-0.25, -0.2) is 22.9 Å². The Labute approximate surface area is 176 Å². The molecule has 3 unspecified atom stereocenters. The highest BCUT2D eigenvalue weighted by Gasteiger charge is 2.30. The van der Waals surface area contributed by atoms with Crippen molar-refractivity contribution in [3.63, 3.8) is 0 Å². The van der Waals surface area contributed by atoms with Crippen molar-refractivity contribution in [1.82, 2.24) is 20.5 Å². The summed E-state index contributed by atoms with van der Waals surface area (Å²) in [5.74, 6) is -0.887. The summed E-state index contributed by atoms with van der Waals surface area (Å²) in [6.45, 7) is 2.13. The average Bonchev–Trinajstić information content (AvgIpc) is 3.36. The number of fused-ring (bicyclic) bond motifs is 7. The number of H-pyrrole nitrogens is 1. The van der Waals surface area contributed by atoms with Crippen molar-refractivity contribution in [3.8, 4) is 5.88 Å². The molecular weight excluding hydrogens is 415 g/mol. The van der Waals surface area contributed by atoms with Crippen molar-refractivity contribution in [2.75, 3.05) is 11.9 Å². The average molecular weight is 439 g/mol. The third kappa shape index (κ3) is 5.02. The summed E-state index contributed by atoms with van der Waals surface area (Å²) in [6.07, 6.45) is -0.856. The number of hydrogen-bond acceptors (Lipinski definition) is 6. The van der Waals surface area contributed by atoms with E-state index in [4.69, 9.17) is 9.47 Å². The molecule has 3 heterocycles. The second-order valence-corrected chi connectivity index (χ2v) is 7.88. The molecule has 1 saturated carbocycles. The van der Waals surface area contributed by atoms with Crippen molar-refractivity contribution in [2.24, 2.45) is 0 Å². The van der Waals surface area contributed by atoms with Gasteiger partial charge in [0, 0.05) is 30.3 Å². The van der Waals surface area contributed by atoms with E-state index in [1.807, 2.05) is 0 Å². The van der Waals surface area contributed by atoms with Gasteiger partial charge in [-0.2, -0.15) is 5.10 Å². The topological polar surface area (TPSA) is 101 Å². The Morgan fingerprint density at radius 3 is 2.84 bits per heavy atom. The van der Waals surface area contributed by atoms with Gasteiger partial charge in [-0.15, -0.1) is 0 Å². The zero-order valence-corrected chi connectivity index (χ0v) is 17.0. The Morgan fingerprint density at radius 1 is 1.19 bits per heavy atom. The molecule has 31 heavy (non-hydrogen) atoms. The van der Waals surface area contributed by atoms with Gasteiger partial charge in [0.25, 0.3) is 6.43 Å². The first-order valence-corrected chi connectivity index (χ1v) is 10.3. The number of anilines is 2. The highest BCUT2D eigenvalue weighted by Crippen LogP contribution is 2.37. The molecule has 3 atom stereocenters. The van der Waals surface area contributed by atoms with E-state index >= 15 is 0 Å². The van der Waals surface area contributed by atoms with Crippen LogP contribution in [0.1, 0.15) is 62.8 Å². The third-order valence-electron chi connectivity index (χ3n) is 5.50. The maximum atomic E-state index is 14.6. The molecular formula is C20H24F3N5O3. The molecule has 0 radical (unpaired) electrons. The van der Waals surface area contributed by atoms with Gasteiger partial charge in [0.1, 0.15) is 11.8 Å². The van der Waals surface area contributed by atoms with E-state index in [1.54, 1.807) is 13.0 Å². The molecule has 3 N–H and O–H groups in total. The Morgan fingerprint density at radius 2 is 2.03 bits per heavy atom. The van der Waals surface area contributed by atoms with Crippen molar-refractivity contribution < 1.29 is 27.4 Å². The molecule has 1 aliphatic carbocycles. The third-order valence-corrected chi connectivity index (χ3v) is 5.50. The van der Waals surface area contributed by atoms with Gasteiger partial charge in [0.15, 0.2) is 11.6 Å². The van der Waals surface area contributed by atoms with Crippen LogP contribution < -0.4 is 15.4 Å². The number of halogens is 3. The van der Waals surface area contributed by atoms with Crippen LogP contribution >= 0.6 is 0 Å². The van der Waals surface area contributed by atoms with Crippen molar-refractivity contribution in [3.05, 3.63) is 29.3 Å². The van der Waals surface area contributed by atoms with E-state index in [1.165, 1.54) is 6.07 Å². The van der Waals surface area contributed by atoms with E-state index in [2.05, 4.69) is 25.8 Å². The first-order chi connectivity index (χ1) is 14.9. The van der Waals surface area contributed by atoms with E-state index in [0.717, 1.165) is 18.5 Å². The molecule has 0 saturated heterocycles. The zero-order valence-electron chi connectivity index (χ0n) is 17.0. The Bertz CT molecular complexity index is 939. The molecule has 168 valence electrons. The summed E-state index contributed by atoms with van der Waals surface area (Å²) in [7, 11) is 0. The van der Waals surface area contributed by atoms with Crippen LogP contribution in [0.15, 0.2) is 12.1 Å². The summed E-state index contributed by atoms with van der Waals surface area (Å²) in [5.41, 5.74) is -0.379. The van der Waals surface area contributed by atoms with Gasteiger partial charge in [0.2, 0.25) is 5.88 Å². The van der Waals surface area contributed by atoms with Crippen LogP contribution in [0.2, 0.25) is 0 Å². The monoisotopic (exact) mass is 439 g/mol. The number of pyridine rings is 1. The number of alkyl halides is 2. The lowest BCUT2D eigenvalue weighted by molar-refractivity contribution is 0.0996. The first-order valence-electron chi connectivity index (χ1n) is 10.3. The number of amides is 1. The minimum atomic E-state index is -3.10. The van der Waals surface area contributed by atoms with Crippen LogP contribution in [0, 0.1) is 5.82 Å². The highest BCUT2D eigenvalue weighted by molar-refractivity contribution is 5.67. The Hall–Kier alpha value is -2.98. The SMILES string of the molecule is CC1CCCNC(=O)OC2CCC(C2)c2cc(n[nH]2)Nc2cc(nc(C(F)F)c2F)O1. The van der Waals surface area contributed by atoms with Gasteiger partial charge in [-0.1, -0.05) is 0 Å². The number of nitrogens with zero attached hydrogens (tertiary/aromatic N) is 2. The van der Waals surface area contributed by atoms with Gasteiger partial charge >= 0.3 is 6.09 Å². The molecule has 4 rings (SSSR count). The fraction of sp³-hybridized carbons (Fsp3) is 0.550. The predicted octanol–water partition coefficient (Wildman–Crippen LogP) is 4.55. The highest BCUT2D eigenvalue weighted by atomic mass is 19.3. The maximum Gasteiger partial charge on any atom is 0.407 e. The molecule has 1 amide bonds. The minimum Gasteiger partial charge on any atom is -0.475 e. The second-order valence-electron chi connectivity index (χ2n) is 7.88. The molecule has 1 aliphatic heterocycles. The number of carbonyl (C=O) groups is 1. The lowest BCUT2D eigenvalue weighted by Crippen LogP contribution is -2.29. The predicted molar refractivity (Wildman–Crippen MR) is 105 cm³/mol. The summed E-state index contributed by atoms with van der Waals surface area (Å²) in [4.78, 5) is 15.7. The normalized spacial score (nSPS) is 24.4. The number of ether oxygens (including phenoxy) is 2. The van der Waals surface area contributed by atoms with Gasteiger partial charge < -0.3 is 20.1 Å². The lowest BCUT2D eigenvalue weighted by Gasteiger charge is -2.17.